The Balaban J connectivity index is 1.25. The fourth-order valence-electron chi connectivity index (χ4n) is 3.69. The summed E-state index contributed by atoms with van der Waals surface area (Å²) in [5.41, 5.74) is 3.50. The van der Waals surface area contributed by atoms with Crippen LogP contribution in [0.2, 0.25) is 0 Å². The zero-order valence-corrected chi connectivity index (χ0v) is 16.6. The highest BCUT2D eigenvalue weighted by Gasteiger charge is 2.24. The number of fused-ring (bicyclic) bond motifs is 1. The van der Waals surface area contributed by atoms with Crippen LogP contribution >= 0.6 is 0 Å². The number of ether oxygens (including phenoxy) is 1. The molecular formula is C23H27N3O3. The van der Waals surface area contributed by atoms with Gasteiger partial charge in [0.25, 0.3) is 5.91 Å². The Kier molecular flexibility index (Phi) is 5.69. The summed E-state index contributed by atoms with van der Waals surface area (Å²) < 4.78 is 5.52. The molecule has 3 N–H and O–H groups in total. The summed E-state index contributed by atoms with van der Waals surface area (Å²) in [6.07, 6.45) is 4.05. The molecule has 6 nitrogen and oxygen atoms in total. The van der Waals surface area contributed by atoms with E-state index >= 15 is 0 Å². The Bertz CT molecular complexity index is 877. The quantitative estimate of drug-likeness (QED) is 0.675. The summed E-state index contributed by atoms with van der Waals surface area (Å²) in [6, 6.07) is 15.8. The second-order valence-corrected chi connectivity index (χ2v) is 7.83. The molecule has 1 saturated carbocycles. The SMILES string of the molecule is CC(NC(=O)NC1CCc2ccccc21)c1ccc(OCC(=O)NC2CC2)cc1. The summed E-state index contributed by atoms with van der Waals surface area (Å²) in [6.45, 7) is 1.97. The molecule has 1 fully saturated rings. The van der Waals surface area contributed by atoms with Crippen molar-refractivity contribution in [3.8, 4) is 5.75 Å². The highest BCUT2D eigenvalue weighted by atomic mass is 16.5. The van der Waals surface area contributed by atoms with Crippen LogP contribution < -0.4 is 20.7 Å². The van der Waals surface area contributed by atoms with Crippen LogP contribution in [0.25, 0.3) is 0 Å². The van der Waals surface area contributed by atoms with Crippen molar-refractivity contribution in [1.82, 2.24) is 16.0 Å². The van der Waals surface area contributed by atoms with Crippen molar-refractivity contribution in [3.63, 3.8) is 0 Å². The molecule has 0 radical (unpaired) electrons. The predicted molar refractivity (Wildman–Crippen MR) is 111 cm³/mol. The van der Waals surface area contributed by atoms with Gasteiger partial charge in [-0.1, -0.05) is 36.4 Å². The van der Waals surface area contributed by atoms with Gasteiger partial charge in [0.1, 0.15) is 5.75 Å². The molecule has 29 heavy (non-hydrogen) atoms. The second-order valence-electron chi connectivity index (χ2n) is 7.83. The van der Waals surface area contributed by atoms with Gasteiger partial charge in [0.05, 0.1) is 12.1 Å². The lowest BCUT2D eigenvalue weighted by Gasteiger charge is -2.19. The second kappa shape index (κ2) is 8.55. The molecule has 2 atom stereocenters. The third-order valence-corrected chi connectivity index (χ3v) is 5.48. The number of carbonyl (C=O) groups is 2. The fraction of sp³-hybridized carbons (Fsp3) is 0.391. The maximum absolute atomic E-state index is 12.4. The number of rotatable bonds is 7. The van der Waals surface area contributed by atoms with Gasteiger partial charge in [0, 0.05) is 6.04 Å². The van der Waals surface area contributed by atoms with Crippen LogP contribution in [-0.4, -0.2) is 24.6 Å². The van der Waals surface area contributed by atoms with Gasteiger partial charge in [-0.15, -0.1) is 0 Å². The zero-order valence-electron chi connectivity index (χ0n) is 16.6. The van der Waals surface area contributed by atoms with Gasteiger partial charge in [-0.05, 0) is 61.4 Å². The summed E-state index contributed by atoms with van der Waals surface area (Å²) in [7, 11) is 0. The minimum absolute atomic E-state index is 0.0227. The van der Waals surface area contributed by atoms with Crippen LogP contribution in [0.4, 0.5) is 4.79 Å². The first-order chi connectivity index (χ1) is 14.1. The monoisotopic (exact) mass is 393 g/mol. The maximum Gasteiger partial charge on any atom is 0.315 e. The van der Waals surface area contributed by atoms with E-state index in [1.807, 2.05) is 43.3 Å². The molecule has 4 rings (SSSR count). The average molecular weight is 393 g/mol. The van der Waals surface area contributed by atoms with Crippen molar-refractivity contribution in [2.75, 3.05) is 6.61 Å². The number of aryl methyl sites for hydroxylation is 1. The number of carbonyl (C=O) groups excluding carboxylic acids is 2. The first kappa shape index (κ1) is 19.3. The lowest BCUT2D eigenvalue weighted by molar-refractivity contribution is -0.123. The lowest BCUT2D eigenvalue weighted by Crippen LogP contribution is -2.38. The Labute approximate surface area is 171 Å². The van der Waals surface area contributed by atoms with Crippen LogP contribution in [0.3, 0.4) is 0 Å². The largest absolute Gasteiger partial charge is 0.484 e. The molecule has 2 aromatic carbocycles. The van der Waals surface area contributed by atoms with Crippen molar-refractivity contribution < 1.29 is 14.3 Å². The molecule has 2 aromatic rings. The van der Waals surface area contributed by atoms with E-state index in [1.165, 1.54) is 11.1 Å². The molecule has 0 heterocycles. The van der Waals surface area contributed by atoms with Crippen LogP contribution in [0, 0.1) is 0 Å². The van der Waals surface area contributed by atoms with Crippen LogP contribution in [-0.2, 0) is 11.2 Å². The van der Waals surface area contributed by atoms with Crippen LogP contribution in [0.5, 0.6) is 5.75 Å². The maximum atomic E-state index is 12.4. The lowest BCUT2D eigenvalue weighted by atomic mass is 10.1. The first-order valence-electron chi connectivity index (χ1n) is 10.3. The van der Waals surface area contributed by atoms with Gasteiger partial charge in [-0.2, -0.15) is 0 Å². The summed E-state index contributed by atoms with van der Waals surface area (Å²) >= 11 is 0. The number of amides is 3. The molecule has 0 aromatic heterocycles. The molecule has 0 aliphatic heterocycles. The van der Waals surface area contributed by atoms with E-state index in [-0.39, 0.29) is 30.6 Å². The topological polar surface area (TPSA) is 79.5 Å². The van der Waals surface area contributed by atoms with E-state index in [0.29, 0.717) is 11.8 Å². The van der Waals surface area contributed by atoms with Crippen molar-refractivity contribution in [2.24, 2.45) is 0 Å². The summed E-state index contributed by atoms with van der Waals surface area (Å²) in [4.78, 5) is 24.1. The van der Waals surface area contributed by atoms with Crippen molar-refractivity contribution >= 4 is 11.9 Å². The van der Waals surface area contributed by atoms with Crippen LogP contribution in [0.15, 0.2) is 48.5 Å². The molecule has 152 valence electrons. The van der Waals surface area contributed by atoms with Gasteiger partial charge in [-0.3, -0.25) is 4.79 Å². The number of hydrogen-bond acceptors (Lipinski definition) is 3. The third kappa shape index (κ3) is 5.08. The normalized spacial score (nSPS) is 18.4. The molecule has 6 heteroatoms. The number of urea groups is 1. The highest BCUT2D eigenvalue weighted by Crippen LogP contribution is 2.30. The first-order valence-corrected chi connectivity index (χ1v) is 10.3. The Morgan fingerprint density at radius 1 is 1.03 bits per heavy atom. The van der Waals surface area contributed by atoms with E-state index in [0.717, 1.165) is 31.2 Å². The minimum atomic E-state index is -0.170. The molecule has 0 spiro atoms. The minimum Gasteiger partial charge on any atom is -0.484 e. The van der Waals surface area contributed by atoms with Gasteiger partial charge < -0.3 is 20.7 Å². The van der Waals surface area contributed by atoms with E-state index in [9.17, 15) is 9.59 Å². The van der Waals surface area contributed by atoms with E-state index in [4.69, 9.17) is 4.74 Å². The molecule has 2 aliphatic carbocycles. The smallest absolute Gasteiger partial charge is 0.315 e. The van der Waals surface area contributed by atoms with E-state index < -0.39 is 0 Å². The molecule has 0 bridgehead atoms. The van der Waals surface area contributed by atoms with Crippen molar-refractivity contribution in [1.29, 1.82) is 0 Å². The molecule has 2 aliphatic rings. The van der Waals surface area contributed by atoms with Crippen LogP contribution in [0.1, 0.15) is 55.0 Å². The Hall–Kier alpha value is -3.02. The summed E-state index contributed by atoms with van der Waals surface area (Å²) in [5.74, 6) is 0.552. The van der Waals surface area contributed by atoms with Gasteiger partial charge in [0.15, 0.2) is 6.61 Å². The van der Waals surface area contributed by atoms with Gasteiger partial charge >= 0.3 is 6.03 Å². The number of hydrogen-bond donors (Lipinski definition) is 3. The molecular weight excluding hydrogens is 366 g/mol. The number of benzene rings is 2. The Morgan fingerprint density at radius 2 is 1.79 bits per heavy atom. The molecule has 0 saturated heterocycles. The van der Waals surface area contributed by atoms with E-state index in [2.05, 4.69) is 28.1 Å². The molecule has 3 amide bonds. The fourth-order valence-corrected chi connectivity index (χ4v) is 3.69. The number of nitrogens with one attached hydrogen (secondary N) is 3. The van der Waals surface area contributed by atoms with E-state index in [1.54, 1.807) is 0 Å². The Morgan fingerprint density at radius 3 is 2.55 bits per heavy atom. The average Bonchev–Trinajstić information content (AvgIpc) is 3.45. The van der Waals surface area contributed by atoms with Gasteiger partial charge in [0.2, 0.25) is 0 Å². The van der Waals surface area contributed by atoms with Gasteiger partial charge in [-0.25, -0.2) is 4.79 Å². The zero-order chi connectivity index (χ0) is 20.2. The van der Waals surface area contributed by atoms with Crippen molar-refractivity contribution in [2.45, 2.75) is 50.7 Å². The third-order valence-electron chi connectivity index (χ3n) is 5.48. The predicted octanol–water partition coefficient (Wildman–Crippen LogP) is 3.39. The highest BCUT2D eigenvalue weighted by molar-refractivity contribution is 5.78. The van der Waals surface area contributed by atoms with Crippen molar-refractivity contribution in [3.05, 3.63) is 65.2 Å². The molecule has 2 unspecified atom stereocenters. The standard InChI is InChI=1S/C23H27N3O3/c1-15(24-23(28)26-21-13-8-17-4-2-3-5-20(17)21)16-6-11-19(12-7-16)29-14-22(27)25-18-9-10-18/h2-7,11-12,15,18,21H,8-10,13-14H2,1H3,(H,25,27)(H2,24,26,28). The summed E-state index contributed by atoms with van der Waals surface area (Å²) in [5, 5.41) is 8.97.